The normalized spacial score (nSPS) is 10.3. The van der Waals surface area contributed by atoms with Crippen LogP contribution in [0.25, 0.3) is 5.69 Å². The maximum atomic E-state index is 11.2. The van der Waals surface area contributed by atoms with E-state index in [1.807, 2.05) is 35.8 Å². The van der Waals surface area contributed by atoms with Gasteiger partial charge < -0.3 is 5.32 Å². The zero-order chi connectivity index (χ0) is 13.0. The molecular weight excluding hydrogens is 248 g/mol. The summed E-state index contributed by atoms with van der Waals surface area (Å²) in [6.45, 7) is 2.04. The van der Waals surface area contributed by atoms with E-state index >= 15 is 0 Å². The molecule has 0 unspecified atom stereocenters. The minimum absolute atomic E-state index is 0.0292. The summed E-state index contributed by atoms with van der Waals surface area (Å²) in [7, 11) is 1.62. The number of aromatic nitrogens is 3. The first kappa shape index (κ1) is 12.6. The van der Waals surface area contributed by atoms with Gasteiger partial charge in [-0.3, -0.25) is 9.36 Å². The molecule has 0 bridgehead atoms. The van der Waals surface area contributed by atoms with Gasteiger partial charge in [-0.25, -0.2) is 0 Å². The molecule has 0 aliphatic rings. The predicted molar refractivity (Wildman–Crippen MR) is 70.9 cm³/mol. The topological polar surface area (TPSA) is 59.8 Å². The Kier molecular flexibility index (Phi) is 3.99. The van der Waals surface area contributed by atoms with Gasteiger partial charge in [0.1, 0.15) is 6.33 Å². The molecule has 0 spiro atoms. The summed E-state index contributed by atoms with van der Waals surface area (Å²) in [6, 6.07) is 8.07. The second kappa shape index (κ2) is 5.68. The van der Waals surface area contributed by atoms with Gasteiger partial charge in [-0.2, -0.15) is 0 Å². The molecule has 5 nitrogen and oxygen atoms in total. The van der Waals surface area contributed by atoms with Crippen LogP contribution in [0.15, 0.2) is 35.7 Å². The average Bonchev–Trinajstić information content (AvgIpc) is 2.85. The van der Waals surface area contributed by atoms with E-state index in [2.05, 4.69) is 15.5 Å². The highest BCUT2D eigenvalue weighted by atomic mass is 32.2. The lowest BCUT2D eigenvalue weighted by molar-refractivity contribution is -0.118. The monoisotopic (exact) mass is 262 g/mol. The van der Waals surface area contributed by atoms with Crippen LogP contribution in [-0.4, -0.2) is 33.5 Å². The van der Waals surface area contributed by atoms with Crippen LogP contribution in [0.2, 0.25) is 0 Å². The van der Waals surface area contributed by atoms with Gasteiger partial charge in [0.15, 0.2) is 5.16 Å². The molecule has 0 radical (unpaired) electrons. The molecule has 0 aliphatic carbocycles. The molecule has 2 rings (SSSR count). The van der Waals surface area contributed by atoms with Crippen molar-refractivity contribution in [3.8, 4) is 5.69 Å². The SMILES string of the molecule is CNC(=O)CSc1nncn1-c1ccc(C)cc1. The van der Waals surface area contributed by atoms with Gasteiger partial charge in [-0.05, 0) is 19.1 Å². The Morgan fingerprint density at radius 2 is 2.11 bits per heavy atom. The third-order valence-electron chi connectivity index (χ3n) is 2.44. The molecule has 18 heavy (non-hydrogen) atoms. The van der Waals surface area contributed by atoms with Crippen molar-refractivity contribution in [2.24, 2.45) is 0 Å². The first-order chi connectivity index (χ1) is 8.70. The molecule has 1 aromatic carbocycles. The van der Waals surface area contributed by atoms with E-state index in [0.29, 0.717) is 10.9 Å². The van der Waals surface area contributed by atoms with Gasteiger partial charge in [-0.15, -0.1) is 10.2 Å². The molecule has 0 saturated heterocycles. The Bertz CT molecular complexity index is 535. The number of amides is 1. The summed E-state index contributed by atoms with van der Waals surface area (Å²) < 4.78 is 1.87. The fourth-order valence-electron chi connectivity index (χ4n) is 1.41. The van der Waals surface area contributed by atoms with Crippen LogP contribution in [0.1, 0.15) is 5.56 Å². The van der Waals surface area contributed by atoms with Crippen molar-refractivity contribution in [1.29, 1.82) is 0 Å². The minimum atomic E-state index is -0.0292. The predicted octanol–water partition coefficient (Wildman–Crippen LogP) is 1.41. The van der Waals surface area contributed by atoms with Gasteiger partial charge in [0, 0.05) is 12.7 Å². The molecule has 0 saturated carbocycles. The molecule has 1 amide bonds. The quantitative estimate of drug-likeness (QED) is 0.846. The number of hydrogen-bond donors (Lipinski definition) is 1. The van der Waals surface area contributed by atoms with Crippen molar-refractivity contribution < 1.29 is 4.79 Å². The standard InChI is InChI=1S/C12H14N4OS/c1-9-3-5-10(6-4-9)16-8-14-15-12(16)18-7-11(17)13-2/h3-6,8H,7H2,1-2H3,(H,13,17). The molecule has 1 heterocycles. The van der Waals surface area contributed by atoms with Gasteiger partial charge in [0.2, 0.25) is 5.91 Å². The number of aryl methyl sites for hydroxylation is 1. The first-order valence-electron chi connectivity index (χ1n) is 5.51. The molecule has 0 aliphatic heterocycles. The van der Waals surface area contributed by atoms with Crippen LogP contribution in [0.4, 0.5) is 0 Å². The average molecular weight is 262 g/mol. The third-order valence-corrected chi connectivity index (χ3v) is 3.38. The van der Waals surface area contributed by atoms with Crippen molar-refractivity contribution in [3.05, 3.63) is 36.2 Å². The first-order valence-corrected chi connectivity index (χ1v) is 6.49. The van der Waals surface area contributed by atoms with Crippen LogP contribution >= 0.6 is 11.8 Å². The molecular formula is C12H14N4OS. The van der Waals surface area contributed by atoms with E-state index in [0.717, 1.165) is 5.69 Å². The Hall–Kier alpha value is -1.82. The number of benzene rings is 1. The zero-order valence-electron chi connectivity index (χ0n) is 10.3. The zero-order valence-corrected chi connectivity index (χ0v) is 11.1. The fourth-order valence-corrected chi connectivity index (χ4v) is 2.21. The van der Waals surface area contributed by atoms with Crippen molar-refractivity contribution in [2.45, 2.75) is 12.1 Å². The van der Waals surface area contributed by atoms with Crippen molar-refractivity contribution in [2.75, 3.05) is 12.8 Å². The Morgan fingerprint density at radius 3 is 2.78 bits per heavy atom. The van der Waals surface area contributed by atoms with Gasteiger partial charge in [0.05, 0.1) is 5.75 Å². The maximum Gasteiger partial charge on any atom is 0.230 e. The summed E-state index contributed by atoms with van der Waals surface area (Å²) in [5.74, 6) is 0.305. The van der Waals surface area contributed by atoms with E-state index in [9.17, 15) is 4.79 Å². The van der Waals surface area contributed by atoms with Crippen LogP contribution in [0, 0.1) is 6.92 Å². The summed E-state index contributed by atoms with van der Waals surface area (Å²) in [5.41, 5.74) is 2.19. The number of carbonyl (C=O) groups is 1. The third kappa shape index (κ3) is 2.89. The van der Waals surface area contributed by atoms with Gasteiger partial charge >= 0.3 is 0 Å². The number of carbonyl (C=O) groups excluding carboxylic acids is 1. The number of thioether (sulfide) groups is 1. The lowest BCUT2D eigenvalue weighted by Crippen LogP contribution is -2.20. The van der Waals surface area contributed by atoms with E-state index < -0.39 is 0 Å². The highest BCUT2D eigenvalue weighted by Gasteiger charge is 2.08. The second-order valence-electron chi connectivity index (χ2n) is 3.78. The van der Waals surface area contributed by atoms with E-state index in [-0.39, 0.29) is 5.91 Å². The molecule has 1 N–H and O–H groups in total. The smallest absolute Gasteiger partial charge is 0.230 e. The number of nitrogens with zero attached hydrogens (tertiary/aromatic N) is 3. The molecule has 6 heteroatoms. The number of hydrogen-bond acceptors (Lipinski definition) is 4. The molecule has 0 atom stereocenters. The van der Waals surface area contributed by atoms with Crippen LogP contribution in [0.5, 0.6) is 0 Å². The largest absolute Gasteiger partial charge is 0.358 e. The minimum Gasteiger partial charge on any atom is -0.358 e. The molecule has 0 fully saturated rings. The summed E-state index contributed by atoms with van der Waals surface area (Å²) in [5, 5.41) is 11.2. The highest BCUT2D eigenvalue weighted by molar-refractivity contribution is 7.99. The maximum absolute atomic E-state index is 11.2. The van der Waals surface area contributed by atoms with Crippen LogP contribution in [-0.2, 0) is 4.79 Å². The Labute approximate surface area is 110 Å². The van der Waals surface area contributed by atoms with E-state index in [1.54, 1.807) is 13.4 Å². The molecule has 94 valence electrons. The fraction of sp³-hybridized carbons (Fsp3) is 0.250. The van der Waals surface area contributed by atoms with E-state index in [1.165, 1.54) is 17.3 Å². The molecule has 1 aromatic heterocycles. The number of rotatable bonds is 4. The van der Waals surface area contributed by atoms with Crippen molar-refractivity contribution >= 4 is 17.7 Å². The van der Waals surface area contributed by atoms with Gasteiger partial charge in [0.25, 0.3) is 0 Å². The van der Waals surface area contributed by atoms with Crippen LogP contribution < -0.4 is 5.32 Å². The Balaban J connectivity index is 2.17. The van der Waals surface area contributed by atoms with Crippen molar-refractivity contribution in [3.63, 3.8) is 0 Å². The lowest BCUT2D eigenvalue weighted by Gasteiger charge is -2.06. The summed E-state index contributed by atoms with van der Waals surface area (Å²) >= 11 is 1.36. The lowest BCUT2D eigenvalue weighted by atomic mass is 10.2. The number of nitrogens with one attached hydrogen (secondary N) is 1. The van der Waals surface area contributed by atoms with Crippen LogP contribution in [0.3, 0.4) is 0 Å². The Morgan fingerprint density at radius 1 is 1.39 bits per heavy atom. The highest BCUT2D eigenvalue weighted by Crippen LogP contribution is 2.19. The summed E-state index contributed by atoms with van der Waals surface area (Å²) in [6.07, 6.45) is 1.65. The molecule has 2 aromatic rings. The van der Waals surface area contributed by atoms with Crippen molar-refractivity contribution in [1.82, 2.24) is 20.1 Å². The van der Waals surface area contributed by atoms with E-state index in [4.69, 9.17) is 0 Å². The van der Waals surface area contributed by atoms with Gasteiger partial charge in [-0.1, -0.05) is 29.5 Å². The second-order valence-corrected chi connectivity index (χ2v) is 4.72. The summed E-state index contributed by atoms with van der Waals surface area (Å²) in [4.78, 5) is 11.2.